The predicted molar refractivity (Wildman–Crippen MR) is 85.8 cm³/mol. The molecule has 0 unspecified atom stereocenters. The third-order valence-corrected chi connectivity index (χ3v) is 4.66. The van der Waals surface area contributed by atoms with E-state index in [1.165, 1.54) is 18.3 Å². The first-order valence-corrected chi connectivity index (χ1v) is 8.88. The second-order valence-corrected chi connectivity index (χ2v) is 7.22. The molecular formula is C15H16N4O4S. The van der Waals surface area contributed by atoms with Crippen LogP contribution in [0.25, 0.3) is 0 Å². The summed E-state index contributed by atoms with van der Waals surface area (Å²) < 4.78 is 22.4. The van der Waals surface area contributed by atoms with Gasteiger partial charge in [0.1, 0.15) is 11.4 Å². The topological polar surface area (TPSA) is 135 Å². The molecule has 0 bridgehead atoms. The summed E-state index contributed by atoms with van der Waals surface area (Å²) in [6.07, 6.45) is 3.29. The third-order valence-electron chi connectivity index (χ3n) is 3.73. The number of aromatic amines is 1. The summed E-state index contributed by atoms with van der Waals surface area (Å²) >= 11 is 0. The Bertz CT molecular complexity index is 931. The zero-order valence-electron chi connectivity index (χ0n) is 12.7. The summed E-state index contributed by atoms with van der Waals surface area (Å²) in [7, 11) is -3.75. The fraction of sp³-hybridized carbons (Fsp3) is 0.267. The van der Waals surface area contributed by atoms with Crippen molar-refractivity contribution in [2.24, 2.45) is 5.14 Å². The zero-order valence-corrected chi connectivity index (χ0v) is 13.5. The van der Waals surface area contributed by atoms with E-state index in [2.05, 4.69) is 15.3 Å². The van der Waals surface area contributed by atoms with Gasteiger partial charge in [-0.05, 0) is 30.5 Å². The summed E-state index contributed by atoms with van der Waals surface area (Å²) in [5.74, 6) is 0.379. The lowest BCUT2D eigenvalue weighted by Gasteiger charge is -2.06. The van der Waals surface area contributed by atoms with E-state index < -0.39 is 21.5 Å². The maximum Gasteiger partial charge on any atom is 0.263 e. The van der Waals surface area contributed by atoms with Crippen molar-refractivity contribution in [2.75, 3.05) is 0 Å². The molecule has 0 atom stereocenters. The Labute approximate surface area is 138 Å². The van der Waals surface area contributed by atoms with Crippen LogP contribution in [0.3, 0.4) is 0 Å². The van der Waals surface area contributed by atoms with Gasteiger partial charge < -0.3 is 10.3 Å². The summed E-state index contributed by atoms with van der Waals surface area (Å²) in [5.41, 5.74) is 0.157. The molecule has 1 aromatic heterocycles. The van der Waals surface area contributed by atoms with Crippen LogP contribution in [0, 0.1) is 0 Å². The van der Waals surface area contributed by atoms with Crippen molar-refractivity contribution in [3.8, 4) is 0 Å². The molecule has 0 aliphatic heterocycles. The Morgan fingerprint density at radius 2 is 1.96 bits per heavy atom. The summed E-state index contributed by atoms with van der Waals surface area (Å²) in [6.45, 7) is 0.146. The molecule has 1 aromatic carbocycles. The van der Waals surface area contributed by atoms with Gasteiger partial charge in [0.2, 0.25) is 10.0 Å². The quantitative estimate of drug-likeness (QED) is 0.710. The molecule has 1 saturated carbocycles. The molecule has 8 nitrogen and oxygen atoms in total. The molecule has 2 aromatic rings. The number of sulfonamides is 1. The number of carbonyl (C=O) groups is 1. The number of nitrogens with two attached hydrogens (primary N) is 1. The van der Waals surface area contributed by atoms with E-state index in [-0.39, 0.29) is 17.0 Å². The van der Waals surface area contributed by atoms with E-state index >= 15 is 0 Å². The van der Waals surface area contributed by atoms with Crippen LogP contribution < -0.4 is 16.0 Å². The largest absolute Gasteiger partial charge is 0.348 e. The number of nitrogens with one attached hydrogen (secondary N) is 2. The smallest absolute Gasteiger partial charge is 0.263 e. The highest BCUT2D eigenvalue weighted by atomic mass is 32.2. The monoisotopic (exact) mass is 348 g/mol. The second-order valence-electron chi connectivity index (χ2n) is 5.66. The molecule has 1 aliphatic rings. The number of amides is 1. The fourth-order valence-electron chi connectivity index (χ4n) is 2.21. The van der Waals surface area contributed by atoms with Crippen LogP contribution in [0.2, 0.25) is 0 Å². The molecule has 1 fully saturated rings. The van der Waals surface area contributed by atoms with E-state index in [1.54, 1.807) is 12.1 Å². The van der Waals surface area contributed by atoms with Gasteiger partial charge in [-0.25, -0.2) is 18.5 Å². The number of hydrogen-bond acceptors (Lipinski definition) is 5. The molecule has 0 saturated heterocycles. The number of nitrogens with zero attached hydrogens (tertiary/aromatic N) is 1. The van der Waals surface area contributed by atoms with Crippen molar-refractivity contribution in [1.29, 1.82) is 0 Å². The highest BCUT2D eigenvalue weighted by Crippen LogP contribution is 2.37. The molecule has 3 rings (SSSR count). The van der Waals surface area contributed by atoms with Gasteiger partial charge in [-0.15, -0.1) is 0 Å². The van der Waals surface area contributed by atoms with Crippen molar-refractivity contribution in [1.82, 2.24) is 15.3 Å². The molecule has 4 N–H and O–H groups in total. The molecule has 1 amide bonds. The van der Waals surface area contributed by atoms with E-state index in [0.717, 1.165) is 12.8 Å². The Balaban J connectivity index is 1.66. The molecular weight excluding hydrogens is 332 g/mol. The van der Waals surface area contributed by atoms with E-state index in [4.69, 9.17) is 5.14 Å². The van der Waals surface area contributed by atoms with Gasteiger partial charge in [0.15, 0.2) is 0 Å². The van der Waals surface area contributed by atoms with Gasteiger partial charge in [-0.3, -0.25) is 9.59 Å². The summed E-state index contributed by atoms with van der Waals surface area (Å²) in [4.78, 5) is 30.8. The van der Waals surface area contributed by atoms with E-state index in [0.29, 0.717) is 17.3 Å². The number of hydrogen-bond donors (Lipinski definition) is 3. The normalized spacial score (nSPS) is 14.4. The van der Waals surface area contributed by atoms with Crippen LogP contribution in [0.5, 0.6) is 0 Å². The van der Waals surface area contributed by atoms with Crippen LogP contribution in [0.1, 0.15) is 40.5 Å². The number of benzene rings is 1. The SMILES string of the molecule is NS(=O)(=O)c1ccc(CNC(=O)c2cnc(C3CC3)[nH]c2=O)cc1. The van der Waals surface area contributed by atoms with E-state index in [1.807, 2.05) is 0 Å². The van der Waals surface area contributed by atoms with Gasteiger partial charge in [0, 0.05) is 18.7 Å². The molecule has 0 spiro atoms. The predicted octanol–water partition coefficient (Wildman–Crippen LogP) is 0.225. The second kappa shape index (κ2) is 6.17. The molecule has 0 radical (unpaired) electrons. The molecule has 1 aliphatic carbocycles. The third kappa shape index (κ3) is 3.69. The molecule has 9 heteroatoms. The minimum absolute atomic E-state index is 0.00566. The van der Waals surface area contributed by atoms with Gasteiger partial charge in [-0.2, -0.15) is 0 Å². The van der Waals surface area contributed by atoms with Crippen LogP contribution in [0.15, 0.2) is 40.2 Å². The Morgan fingerprint density at radius 1 is 1.29 bits per heavy atom. The van der Waals surface area contributed by atoms with Crippen LogP contribution in [0.4, 0.5) is 0 Å². The molecule has 1 heterocycles. The van der Waals surface area contributed by atoms with Crippen molar-refractivity contribution < 1.29 is 13.2 Å². The van der Waals surface area contributed by atoms with Crippen LogP contribution in [-0.2, 0) is 16.6 Å². The number of aromatic nitrogens is 2. The first-order valence-electron chi connectivity index (χ1n) is 7.34. The number of H-pyrrole nitrogens is 1. The van der Waals surface area contributed by atoms with Crippen molar-refractivity contribution in [3.05, 3.63) is 57.8 Å². The molecule has 24 heavy (non-hydrogen) atoms. The van der Waals surface area contributed by atoms with Gasteiger partial charge in [0.05, 0.1) is 4.90 Å². The minimum atomic E-state index is -3.75. The first-order chi connectivity index (χ1) is 11.3. The van der Waals surface area contributed by atoms with Crippen molar-refractivity contribution in [3.63, 3.8) is 0 Å². The maximum absolute atomic E-state index is 12.1. The lowest BCUT2D eigenvalue weighted by molar-refractivity contribution is 0.0949. The lowest BCUT2D eigenvalue weighted by atomic mass is 10.2. The van der Waals surface area contributed by atoms with E-state index in [9.17, 15) is 18.0 Å². The number of carbonyl (C=O) groups excluding carboxylic acids is 1. The molecule has 126 valence electrons. The minimum Gasteiger partial charge on any atom is -0.348 e. The maximum atomic E-state index is 12.1. The van der Waals surface area contributed by atoms with Crippen molar-refractivity contribution >= 4 is 15.9 Å². The van der Waals surface area contributed by atoms with Gasteiger partial charge in [0.25, 0.3) is 11.5 Å². The lowest BCUT2D eigenvalue weighted by Crippen LogP contribution is -2.30. The van der Waals surface area contributed by atoms with Gasteiger partial charge >= 0.3 is 0 Å². The highest BCUT2D eigenvalue weighted by Gasteiger charge is 2.26. The van der Waals surface area contributed by atoms with Crippen molar-refractivity contribution in [2.45, 2.75) is 30.2 Å². The number of rotatable bonds is 5. The summed E-state index contributed by atoms with van der Waals surface area (Å²) in [6, 6.07) is 5.79. The Hall–Kier alpha value is -2.52. The Morgan fingerprint density at radius 3 is 2.50 bits per heavy atom. The zero-order chi connectivity index (χ0) is 17.3. The Kier molecular flexibility index (Phi) is 4.20. The van der Waals surface area contributed by atoms with Gasteiger partial charge in [-0.1, -0.05) is 12.1 Å². The highest BCUT2D eigenvalue weighted by molar-refractivity contribution is 7.89. The van der Waals surface area contributed by atoms with Crippen LogP contribution >= 0.6 is 0 Å². The fourth-order valence-corrected chi connectivity index (χ4v) is 2.72. The number of primary sulfonamides is 1. The average molecular weight is 348 g/mol. The standard InChI is InChI=1S/C15H16N4O4S/c16-24(22,23)11-5-1-9(2-6-11)7-18-14(20)12-8-17-13(10-3-4-10)19-15(12)21/h1-2,5-6,8,10H,3-4,7H2,(H,18,20)(H2,16,22,23)(H,17,19,21). The first kappa shape index (κ1) is 16.3. The van der Waals surface area contributed by atoms with Crippen LogP contribution in [-0.4, -0.2) is 24.3 Å². The average Bonchev–Trinajstić information content (AvgIpc) is 3.37. The summed E-state index contributed by atoms with van der Waals surface area (Å²) in [5, 5.41) is 7.62.